The van der Waals surface area contributed by atoms with Crippen LogP contribution in [0.5, 0.6) is 0 Å². The highest BCUT2D eigenvalue weighted by molar-refractivity contribution is 5.21. The van der Waals surface area contributed by atoms with Gasteiger partial charge >= 0.3 is 0 Å². The summed E-state index contributed by atoms with van der Waals surface area (Å²) in [5.74, 6) is 0. The Kier molecular flexibility index (Phi) is 3.03. The van der Waals surface area contributed by atoms with Crippen LogP contribution in [0.15, 0.2) is 24.5 Å². The molecule has 2 N–H and O–H groups in total. The Morgan fingerprint density at radius 1 is 1.47 bits per heavy atom. The zero-order valence-corrected chi connectivity index (χ0v) is 9.46. The lowest BCUT2D eigenvalue weighted by molar-refractivity contribution is 0.346. The number of hydrogen-bond acceptors (Lipinski definition) is 3. The maximum atomic E-state index is 4.19. The second-order valence-electron chi connectivity index (χ2n) is 4.40. The van der Waals surface area contributed by atoms with Crippen molar-refractivity contribution in [3.05, 3.63) is 30.1 Å². The molecule has 0 spiro atoms. The predicted molar refractivity (Wildman–Crippen MR) is 61.6 cm³/mol. The van der Waals surface area contributed by atoms with Crippen LogP contribution in [-0.2, 0) is 0 Å². The van der Waals surface area contributed by atoms with E-state index < -0.39 is 0 Å². The molecule has 1 atom stereocenters. The van der Waals surface area contributed by atoms with Gasteiger partial charge in [-0.3, -0.25) is 4.98 Å². The van der Waals surface area contributed by atoms with E-state index in [0.717, 1.165) is 6.54 Å². The molecule has 1 saturated carbocycles. The van der Waals surface area contributed by atoms with E-state index in [4.69, 9.17) is 0 Å². The molecule has 1 aliphatic carbocycles. The molecular weight excluding hydrogens is 186 g/mol. The number of aromatic nitrogens is 1. The number of hydrogen-bond donors (Lipinski definition) is 2. The molecule has 1 aromatic heterocycles. The molecule has 1 aliphatic rings. The summed E-state index contributed by atoms with van der Waals surface area (Å²) in [7, 11) is 4.06. The van der Waals surface area contributed by atoms with E-state index in [2.05, 4.69) is 21.7 Å². The molecule has 1 fully saturated rings. The van der Waals surface area contributed by atoms with Crippen molar-refractivity contribution >= 4 is 0 Å². The second kappa shape index (κ2) is 4.29. The molecule has 82 valence electrons. The van der Waals surface area contributed by atoms with Gasteiger partial charge in [-0.1, -0.05) is 6.07 Å². The molecule has 0 aromatic carbocycles. The maximum absolute atomic E-state index is 4.19. The number of rotatable bonds is 5. The molecule has 0 saturated heterocycles. The van der Waals surface area contributed by atoms with Crippen molar-refractivity contribution < 1.29 is 0 Å². The third-order valence-corrected chi connectivity index (χ3v) is 3.34. The number of nitrogens with one attached hydrogen (secondary N) is 2. The molecule has 0 amide bonds. The highest BCUT2D eigenvalue weighted by Gasteiger charge is 2.48. The van der Waals surface area contributed by atoms with Gasteiger partial charge in [0.25, 0.3) is 0 Å². The van der Waals surface area contributed by atoms with Gasteiger partial charge in [0.2, 0.25) is 0 Å². The third-order valence-electron chi connectivity index (χ3n) is 3.34. The van der Waals surface area contributed by atoms with Crippen molar-refractivity contribution in [1.29, 1.82) is 0 Å². The summed E-state index contributed by atoms with van der Waals surface area (Å²) in [6.07, 6.45) is 6.40. The molecule has 1 heterocycles. The maximum Gasteiger partial charge on any atom is 0.0402 e. The van der Waals surface area contributed by atoms with E-state index in [9.17, 15) is 0 Å². The van der Waals surface area contributed by atoms with Gasteiger partial charge in [-0.05, 0) is 38.6 Å². The first-order valence-electron chi connectivity index (χ1n) is 5.54. The zero-order chi connectivity index (χ0) is 10.7. The SMILES string of the molecule is CNCC1(C(NC)c2cccnc2)CC1. The first kappa shape index (κ1) is 10.6. The van der Waals surface area contributed by atoms with Crippen molar-refractivity contribution in [2.75, 3.05) is 20.6 Å². The van der Waals surface area contributed by atoms with E-state index >= 15 is 0 Å². The van der Waals surface area contributed by atoms with Crippen LogP contribution in [0.1, 0.15) is 24.4 Å². The van der Waals surface area contributed by atoms with Crippen LogP contribution in [0, 0.1) is 5.41 Å². The van der Waals surface area contributed by atoms with Gasteiger partial charge in [0.1, 0.15) is 0 Å². The summed E-state index contributed by atoms with van der Waals surface area (Å²) < 4.78 is 0. The molecular formula is C12H19N3. The van der Waals surface area contributed by atoms with Crippen molar-refractivity contribution in [3.8, 4) is 0 Å². The monoisotopic (exact) mass is 205 g/mol. The molecule has 1 aromatic rings. The quantitative estimate of drug-likeness (QED) is 0.761. The minimum atomic E-state index is 0.409. The first-order valence-corrected chi connectivity index (χ1v) is 5.54. The van der Waals surface area contributed by atoms with Crippen LogP contribution < -0.4 is 10.6 Å². The topological polar surface area (TPSA) is 37.0 Å². The van der Waals surface area contributed by atoms with E-state index in [-0.39, 0.29) is 0 Å². The minimum absolute atomic E-state index is 0.409. The Labute approximate surface area is 91.3 Å². The summed E-state index contributed by atoms with van der Waals surface area (Å²) in [5.41, 5.74) is 1.71. The Morgan fingerprint density at radius 3 is 2.73 bits per heavy atom. The Balaban J connectivity index is 2.18. The average molecular weight is 205 g/mol. The fourth-order valence-electron chi connectivity index (χ4n) is 2.45. The summed E-state index contributed by atoms with van der Waals surface area (Å²) >= 11 is 0. The highest BCUT2D eigenvalue weighted by atomic mass is 15.0. The summed E-state index contributed by atoms with van der Waals surface area (Å²) in [6.45, 7) is 1.08. The van der Waals surface area contributed by atoms with Gasteiger partial charge < -0.3 is 10.6 Å². The van der Waals surface area contributed by atoms with Crippen LogP contribution >= 0.6 is 0 Å². The lowest BCUT2D eigenvalue weighted by atomic mass is 9.91. The summed E-state index contributed by atoms with van der Waals surface area (Å²) in [5, 5.41) is 6.72. The van der Waals surface area contributed by atoms with Crippen LogP contribution in [0.3, 0.4) is 0 Å². The van der Waals surface area contributed by atoms with Gasteiger partial charge in [0.15, 0.2) is 0 Å². The Morgan fingerprint density at radius 2 is 2.27 bits per heavy atom. The molecule has 15 heavy (non-hydrogen) atoms. The van der Waals surface area contributed by atoms with Crippen LogP contribution in [0.4, 0.5) is 0 Å². The fourth-order valence-corrected chi connectivity index (χ4v) is 2.45. The average Bonchev–Trinajstić information content (AvgIpc) is 3.02. The van der Waals surface area contributed by atoms with Crippen molar-refractivity contribution in [1.82, 2.24) is 15.6 Å². The standard InChI is InChI=1S/C12H19N3/c1-13-9-12(5-6-12)11(14-2)10-4-3-7-15-8-10/h3-4,7-8,11,13-14H,5-6,9H2,1-2H3. The van der Waals surface area contributed by atoms with Crippen LogP contribution in [-0.4, -0.2) is 25.6 Å². The minimum Gasteiger partial charge on any atom is -0.319 e. The lowest BCUT2D eigenvalue weighted by Gasteiger charge is -2.26. The van der Waals surface area contributed by atoms with Gasteiger partial charge in [0.05, 0.1) is 0 Å². The Hall–Kier alpha value is -0.930. The number of pyridine rings is 1. The second-order valence-corrected chi connectivity index (χ2v) is 4.40. The summed E-state index contributed by atoms with van der Waals surface area (Å²) in [6, 6.07) is 4.60. The predicted octanol–water partition coefficient (Wildman–Crippen LogP) is 1.34. The zero-order valence-electron chi connectivity index (χ0n) is 9.46. The van der Waals surface area contributed by atoms with Gasteiger partial charge in [-0.2, -0.15) is 0 Å². The first-order chi connectivity index (χ1) is 7.32. The van der Waals surface area contributed by atoms with Crippen LogP contribution in [0.2, 0.25) is 0 Å². The van der Waals surface area contributed by atoms with Crippen molar-refractivity contribution in [2.24, 2.45) is 5.41 Å². The molecule has 0 radical (unpaired) electrons. The highest BCUT2D eigenvalue weighted by Crippen LogP contribution is 2.54. The molecule has 2 rings (SSSR count). The molecule has 3 nitrogen and oxygen atoms in total. The van der Waals surface area contributed by atoms with E-state index in [1.165, 1.54) is 18.4 Å². The summed E-state index contributed by atoms with van der Waals surface area (Å²) in [4.78, 5) is 4.19. The van der Waals surface area contributed by atoms with Gasteiger partial charge in [-0.15, -0.1) is 0 Å². The molecule has 0 bridgehead atoms. The number of nitrogens with zero attached hydrogens (tertiary/aromatic N) is 1. The lowest BCUT2D eigenvalue weighted by Crippen LogP contribution is -2.33. The smallest absolute Gasteiger partial charge is 0.0402 e. The van der Waals surface area contributed by atoms with Crippen molar-refractivity contribution in [3.63, 3.8) is 0 Å². The van der Waals surface area contributed by atoms with E-state index in [0.29, 0.717) is 11.5 Å². The molecule has 3 heteroatoms. The molecule has 1 unspecified atom stereocenters. The van der Waals surface area contributed by atoms with E-state index in [1.807, 2.05) is 32.6 Å². The third kappa shape index (κ3) is 2.03. The Bertz CT molecular complexity index is 306. The fraction of sp³-hybridized carbons (Fsp3) is 0.583. The van der Waals surface area contributed by atoms with E-state index in [1.54, 1.807) is 0 Å². The van der Waals surface area contributed by atoms with Gasteiger partial charge in [0, 0.05) is 30.4 Å². The largest absolute Gasteiger partial charge is 0.319 e. The van der Waals surface area contributed by atoms with Crippen LogP contribution in [0.25, 0.3) is 0 Å². The molecule has 0 aliphatic heterocycles. The van der Waals surface area contributed by atoms with Crippen molar-refractivity contribution in [2.45, 2.75) is 18.9 Å². The normalized spacial score (nSPS) is 19.9. The van der Waals surface area contributed by atoms with Gasteiger partial charge in [-0.25, -0.2) is 0 Å².